The third-order valence-electron chi connectivity index (χ3n) is 7.78. The Bertz CT molecular complexity index is 1640. The van der Waals surface area contributed by atoms with Crippen LogP contribution in [0.2, 0.25) is 10.0 Å². The molecule has 1 saturated heterocycles. The van der Waals surface area contributed by atoms with E-state index in [4.69, 9.17) is 32.7 Å². The number of nitrogens with zero attached hydrogens (tertiary/aromatic N) is 2. The van der Waals surface area contributed by atoms with Crippen LogP contribution in [0, 0.1) is 5.92 Å². The first-order chi connectivity index (χ1) is 20.4. The number of rotatable bonds is 7. The molecule has 2 amide bonds. The fraction of sp³-hybridized carbons (Fsp3) is 0.233. The fourth-order valence-electron chi connectivity index (χ4n) is 5.87. The number of anilines is 1. The van der Waals surface area contributed by atoms with Gasteiger partial charge in [0.05, 0.1) is 36.1 Å². The highest BCUT2D eigenvalue weighted by atomic mass is 35.5. The minimum atomic E-state index is -4.70. The maximum absolute atomic E-state index is 14.7. The van der Waals surface area contributed by atoms with E-state index in [1.54, 1.807) is 48.6 Å². The fourth-order valence-corrected chi connectivity index (χ4v) is 6.21. The van der Waals surface area contributed by atoms with Gasteiger partial charge in [0.1, 0.15) is 0 Å². The number of hydrogen-bond donors (Lipinski definition) is 2. The molecule has 3 atom stereocenters. The maximum atomic E-state index is 14.7. The van der Waals surface area contributed by atoms with Crippen LogP contribution < -0.4 is 14.9 Å². The summed E-state index contributed by atoms with van der Waals surface area (Å²) in [5.41, 5.74) is 1.38. The van der Waals surface area contributed by atoms with Gasteiger partial charge < -0.3 is 14.6 Å². The second-order valence-corrected chi connectivity index (χ2v) is 10.8. The number of phenols is 1. The summed E-state index contributed by atoms with van der Waals surface area (Å²) in [6, 6.07) is 10.2. The molecule has 2 aromatic carbocycles. The lowest BCUT2D eigenvalue weighted by atomic mass is 9.56. The van der Waals surface area contributed by atoms with Gasteiger partial charge in [-0.3, -0.25) is 15.0 Å². The zero-order chi connectivity index (χ0) is 31.3. The number of fused-ring (bicyclic) bond motifs is 1. The number of phenolic OH excluding ortho intramolecular Hbond substituents is 1. The summed E-state index contributed by atoms with van der Waals surface area (Å²) >= 11 is 12.3. The molecule has 1 aliphatic carbocycles. The summed E-state index contributed by atoms with van der Waals surface area (Å²) in [6.45, 7) is 3.94. The first kappa shape index (κ1) is 30.2. The molecule has 3 aromatic rings. The summed E-state index contributed by atoms with van der Waals surface area (Å²) in [5.74, 6) is -3.66. The topological polar surface area (TPSA) is 101 Å². The summed E-state index contributed by atoms with van der Waals surface area (Å²) in [4.78, 5) is 32.5. The highest BCUT2D eigenvalue weighted by Crippen LogP contribution is 2.59. The van der Waals surface area contributed by atoms with Gasteiger partial charge >= 0.3 is 6.18 Å². The minimum absolute atomic E-state index is 0.0682. The van der Waals surface area contributed by atoms with Gasteiger partial charge in [-0.05, 0) is 53.5 Å². The number of imide groups is 1. The van der Waals surface area contributed by atoms with E-state index in [2.05, 4.69) is 17.0 Å². The maximum Gasteiger partial charge on any atom is 0.417 e. The van der Waals surface area contributed by atoms with Gasteiger partial charge in [0, 0.05) is 17.1 Å². The number of benzene rings is 2. The van der Waals surface area contributed by atoms with Gasteiger partial charge in [0.15, 0.2) is 17.3 Å². The average Bonchev–Trinajstić information content (AvgIpc) is 3.19. The standard InChI is InChI=1S/C30H24Cl2F3N3O5/c1-4-15-5-10-20-27(40)38(37-26-21(32)13-18(14-36-26)30(33,34)35)28(41)29(20,17-6-8-19(31)9-7-17)24(15)16-11-22(42-2)25(39)23(12-16)43-3/h4-9,11-14,20,24,39H,1,10H2,2-3H3,(H,36,37). The number of aromatic nitrogens is 1. The Morgan fingerprint density at radius 3 is 2.28 bits per heavy atom. The van der Waals surface area contributed by atoms with Crippen molar-refractivity contribution in [1.82, 2.24) is 9.99 Å². The second kappa shape index (κ2) is 11.1. The number of carbonyl (C=O) groups is 2. The summed E-state index contributed by atoms with van der Waals surface area (Å²) < 4.78 is 50.4. The number of hydrogen-bond acceptors (Lipinski definition) is 7. The number of allylic oxidation sites excluding steroid dienone is 3. The van der Waals surface area contributed by atoms with Crippen molar-refractivity contribution < 1.29 is 37.3 Å². The number of amides is 2. The van der Waals surface area contributed by atoms with Gasteiger partial charge in [0.25, 0.3) is 11.8 Å². The van der Waals surface area contributed by atoms with Crippen LogP contribution in [0.3, 0.4) is 0 Å². The smallest absolute Gasteiger partial charge is 0.417 e. The zero-order valence-electron chi connectivity index (χ0n) is 22.7. The largest absolute Gasteiger partial charge is 0.502 e. The number of pyridine rings is 1. The molecule has 2 N–H and O–H groups in total. The SMILES string of the molecule is C=CC1=CCC2C(=O)N(Nc3ncc(C(F)(F)F)cc3Cl)C(=O)C2(c2ccc(Cl)cc2)C1c1cc(OC)c(O)c(OC)c1. The zero-order valence-corrected chi connectivity index (χ0v) is 24.2. The summed E-state index contributed by atoms with van der Waals surface area (Å²) in [5, 5.41) is 11.3. The van der Waals surface area contributed by atoms with Crippen molar-refractivity contribution in [3.8, 4) is 17.2 Å². The van der Waals surface area contributed by atoms with Crippen LogP contribution in [0.5, 0.6) is 17.2 Å². The van der Waals surface area contributed by atoms with E-state index >= 15 is 0 Å². The number of aromatic hydroxyl groups is 1. The monoisotopic (exact) mass is 633 g/mol. The predicted molar refractivity (Wildman–Crippen MR) is 153 cm³/mol. The second-order valence-electron chi connectivity index (χ2n) is 9.92. The van der Waals surface area contributed by atoms with Gasteiger partial charge in [-0.15, -0.1) is 0 Å². The van der Waals surface area contributed by atoms with Crippen molar-refractivity contribution in [3.05, 3.63) is 99.7 Å². The molecule has 43 heavy (non-hydrogen) atoms. The number of hydrazine groups is 1. The van der Waals surface area contributed by atoms with Crippen LogP contribution >= 0.6 is 23.2 Å². The Kier molecular flexibility index (Phi) is 7.82. The molecule has 1 fully saturated rings. The minimum Gasteiger partial charge on any atom is -0.502 e. The molecule has 13 heteroatoms. The van der Waals surface area contributed by atoms with Crippen molar-refractivity contribution in [1.29, 1.82) is 0 Å². The lowest BCUT2D eigenvalue weighted by Crippen LogP contribution is -2.48. The molecule has 1 aliphatic heterocycles. The lowest BCUT2D eigenvalue weighted by molar-refractivity contribution is -0.139. The number of carbonyl (C=O) groups excluding carboxylic acids is 2. The van der Waals surface area contributed by atoms with Crippen molar-refractivity contribution in [2.45, 2.75) is 23.9 Å². The van der Waals surface area contributed by atoms with Crippen LogP contribution in [-0.2, 0) is 21.2 Å². The third kappa shape index (κ3) is 4.86. The molecule has 224 valence electrons. The van der Waals surface area contributed by atoms with Crippen molar-refractivity contribution in [2.75, 3.05) is 19.6 Å². The van der Waals surface area contributed by atoms with Crippen LogP contribution in [0.4, 0.5) is 19.0 Å². The van der Waals surface area contributed by atoms with E-state index in [1.165, 1.54) is 14.2 Å². The van der Waals surface area contributed by atoms with E-state index in [0.717, 1.165) is 5.01 Å². The highest BCUT2D eigenvalue weighted by molar-refractivity contribution is 6.33. The molecule has 5 rings (SSSR count). The van der Waals surface area contributed by atoms with E-state index in [-0.39, 0.29) is 29.5 Å². The average molecular weight is 634 g/mol. The molecule has 0 saturated carbocycles. The Morgan fingerprint density at radius 2 is 1.74 bits per heavy atom. The molecule has 0 spiro atoms. The molecule has 8 nitrogen and oxygen atoms in total. The lowest BCUT2D eigenvalue weighted by Gasteiger charge is -2.43. The van der Waals surface area contributed by atoms with Crippen LogP contribution in [0.25, 0.3) is 0 Å². The predicted octanol–water partition coefficient (Wildman–Crippen LogP) is 6.68. The van der Waals surface area contributed by atoms with E-state index < -0.39 is 45.8 Å². The molecule has 0 bridgehead atoms. The van der Waals surface area contributed by atoms with Gasteiger partial charge in [-0.1, -0.05) is 54.1 Å². The molecular weight excluding hydrogens is 610 g/mol. The van der Waals surface area contributed by atoms with Gasteiger partial charge in [0.2, 0.25) is 5.75 Å². The summed E-state index contributed by atoms with van der Waals surface area (Å²) in [6.07, 6.45) is -0.652. The van der Waals surface area contributed by atoms with Crippen LogP contribution in [-0.4, -0.2) is 41.1 Å². The van der Waals surface area contributed by atoms with Crippen molar-refractivity contribution in [2.24, 2.45) is 5.92 Å². The molecule has 2 heterocycles. The Balaban J connectivity index is 1.72. The van der Waals surface area contributed by atoms with Gasteiger partial charge in [-0.2, -0.15) is 18.2 Å². The van der Waals surface area contributed by atoms with Crippen molar-refractivity contribution in [3.63, 3.8) is 0 Å². The molecule has 0 radical (unpaired) electrons. The highest BCUT2D eigenvalue weighted by Gasteiger charge is 2.66. The number of methoxy groups -OCH3 is 2. The third-order valence-corrected chi connectivity index (χ3v) is 8.32. The quantitative estimate of drug-likeness (QED) is 0.280. The van der Waals surface area contributed by atoms with E-state index in [9.17, 15) is 27.9 Å². The van der Waals surface area contributed by atoms with Crippen LogP contribution in [0.1, 0.15) is 29.0 Å². The van der Waals surface area contributed by atoms with Gasteiger partial charge in [-0.25, -0.2) is 4.98 Å². The molecule has 2 aliphatic rings. The van der Waals surface area contributed by atoms with Crippen molar-refractivity contribution >= 4 is 40.8 Å². The molecule has 3 unspecified atom stereocenters. The number of halogens is 5. The van der Waals surface area contributed by atoms with E-state index in [0.29, 0.717) is 34.0 Å². The Hall–Kier alpha value is -4.22. The number of nitrogens with one attached hydrogen (secondary N) is 1. The molecule has 1 aromatic heterocycles. The van der Waals surface area contributed by atoms with Crippen LogP contribution in [0.15, 0.2) is 73.0 Å². The Morgan fingerprint density at radius 1 is 1.12 bits per heavy atom. The Labute approximate surface area is 254 Å². The van der Waals surface area contributed by atoms with E-state index in [1.807, 2.05) is 0 Å². The number of alkyl halides is 3. The normalized spacial score (nSPS) is 21.7. The first-order valence-corrected chi connectivity index (χ1v) is 13.5. The first-order valence-electron chi connectivity index (χ1n) is 12.8. The summed E-state index contributed by atoms with van der Waals surface area (Å²) in [7, 11) is 2.72. The molecular formula is C30H24Cl2F3N3O5. The number of ether oxygens (including phenoxy) is 2.